The predicted octanol–water partition coefficient (Wildman–Crippen LogP) is 1.09. The van der Waals surface area contributed by atoms with Crippen molar-refractivity contribution in [3.8, 4) is 6.07 Å². The minimum absolute atomic E-state index is 0.327. The highest BCUT2D eigenvalue weighted by atomic mass is 32.2. The molecule has 0 radical (unpaired) electrons. The average molecular weight is 238 g/mol. The number of hydrogen-bond donors (Lipinski definition) is 1. The maximum Gasteiger partial charge on any atom is 0.175 e. The number of rotatable bonds is 5. The molecule has 1 aromatic carbocycles. The summed E-state index contributed by atoms with van der Waals surface area (Å²) in [5.41, 5.74) is 1.00. The van der Waals surface area contributed by atoms with Crippen LogP contribution in [0, 0.1) is 11.3 Å². The quantitative estimate of drug-likeness (QED) is 0.780. The first-order valence-corrected chi connectivity index (χ1v) is 6.80. The molecule has 0 aliphatic heterocycles. The van der Waals surface area contributed by atoms with Gasteiger partial charge in [0.1, 0.15) is 0 Å². The van der Waals surface area contributed by atoms with E-state index in [-0.39, 0.29) is 0 Å². The van der Waals surface area contributed by atoms with Crippen molar-refractivity contribution in [3.05, 3.63) is 29.8 Å². The first-order chi connectivity index (χ1) is 7.54. The topological polar surface area (TPSA) is 70.0 Å². The lowest BCUT2D eigenvalue weighted by molar-refractivity contribution is 0.602. The molecule has 0 unspecified atom stereocenters. The standard InChI is InChI=1S/C11H14N2O2S/c1-16(14,15)11-5-3-10(4-6-11)9-13-8-2-7-12/h3-6,13H,2,8-9H2,1H3. The molecule has 0 atom stereocenters. The van der Waals surface area contributed by atoms with E-state index in [9.17, 15) is 8.42 Å². The predicted molar refractivity (Wildman–Crippen MR) is 61.5 cm³/mol. The molecule has 0 fully saturated rings. The smallest absolute Gasteiger partial charge is 0.175 e. The summed E-state index contributed by atoms with van der Waals surface area (Å²) in [7, 11) is -3.11. The highest BCUT2D eigenvalue weighted by Gasteiger charge is 2.05. The average Bonchev–Trinajstić information content (AvgIpc) is 2.24. The second-order valence-electron chi connectivity index (χ2n) is 3.50. The Kier molecular flexibility index (Phi) is 4.47. The van der Waals surface area contributed by atoms with E-state index >= 15 is 0 Å². The van der Waals surface area contributed by atoms with Crippen LogP contribution in [0.1, 0.15) is 12.0 Å². The van der Waals surface area contributed by atoms with Gasteiger partial charge in [0.2, 0.25) is 0 Å². The SMILES string of the molecule is CS(=O)(=O)c1ccc(CNCCC#N)cc1. The van der Waals surface area contributed by atoms with Crippen LogP contribution in [0.5, 0.6) is 0 Å². The van der Waals surface area contributed by atoms with Gasteiger partial charge in [-0.3, -0.25) is 0 Å². The van der Waals surface area contributed by atoms with Gasteiger partial charge < -0.3 is 5.32 Å². The second kappa shape index (κ2) is 5.64. The van der Waals surface area contributed by atoms with Crippen molar-refractivity contribution in [2.24, 2.45) is 0 Å². The van der Waals surface area contributed by atoms with E-state index in [0.29, 0.717) is 24.4 Å². The molecule has 86 valence electrons. The molecule has 0 amide bonds. The summed E-state index contributed by atoms with van der Waals surface area (Å²) in [6.07, 6.45) is 1.66. The van der Waals surface area contributed by atoms with Gasteiger partial charge in [0.15, 0.2) is 9.84 Å². The van der Waals surface area contributed by atoms with E-state index in [2.05, 4.69) is 5.32 Å². The summed E-state index contributed by atoms with van der Waals surface area (Å²) in [4.78, 5) is 0.327. The Morgan fingerprint density at radius 1 is 1.31 bits per heavy atom. The molecule has 0 aliphatic rings. The summed E-state index contributed by atoms with van der Waals surface area (Å²) < 4.78 is 22.4. The fourth-order valence-corrected chi connectivity index (χ4v) is 1.86. The molecule has 16 heavy (non-hydrogen) atoms. The highest BCUT2D eigenvalue weighted by molar-refractivity contribution is 7.90. The third-order valence-electron chi connectivity index (χ3n) is 2.09. The number of nitrogens with zero attached hydrogens (tertiary/aromatic N) is 1. The number of hydrogen-bond acceptors (Lipinski definition) is 4. The van der Waals surface area contributed by atoms with Crippen molar-refractivity contribution >= 4 is 9.84 Å². The van der Waals surface area contributed by atoms with Crippen molar-refractivity contribution in [2.75, 3.05) is 12.8 Å². The third kappa shape index (κ3) is 4.01. The number of nitrogens with one attached hydrogen (secondary N) is 1. The van der Waals surface area contributed by atoms with Gasteiger partial charge in [-0.05, 0) is 17.7 Å². The third-order valence-corrected chi connectivity index (χ3v) is 3.22. The maximum absolute atomic E-state index is 11.2. The van der Waals surface area contributed by atoms with Crippen LogP contribution < -0.4 is 5.32 Å². The van der Waals surface area contributed by atoms with Crippen molar-refractivity contribution in [3.63, 3.8) is 0 Å². The Hall–Kier alpha value is -1.38. The minimum Gasteiger partial charge on any atom is -0.312 e. The first-order valence-electron chi connectivity index (χ1n) is 4.90. The lowest BCUT2D eigenvalue weighted by atomic mass is 10.2. The summed E-state index contributed by atoms with van der Waals surface area (Å²) in [5, 5.41) is 11.4. The van der Waals surface area contributed by atoms with Crippen LogP contribution in [-0.4, -0.2) is 21.2 Å². The van der Waals surface area contributed by atoms with Gasteiger partial charge >= 0.3 is 0 Å². The molecule has 1 N–H and O–H groups in total. The van der Waals surface area contributed by atoms with Crippen LogP contribution in [0.4, 0.5) is 0 Å². The zero-order chi connectivity index (χ0) is 12.0. The Labute approximate surface area is 95.8 Å². The van der Waals surface area contributed by atoms with E-state index in [1.807, 2.05) is 6.07 Å². The fraction of sp³-hybridized carbons (Fsp3) is 0.364. The molecule has 4 nitrogen and oxygen atoms in total. The first kappa shape index (κ1) is 12.7. The fourth-order valence-electron chi connectivity index (χ4n) is 1.23. The Morgan fingerprint density at radius 3 is 2.44 bits per heavy atom. The molecule has 0 saturated carbocycles. The number of benzene rings is 1. The van der Waals surface area contributed by atoms with Gasteiger partial charge in [-0.25, -0.2) is 8.42 Å². The van der Waals surface area contributed by atoms with Gasteiger partial charge in [-0.1, -0.05) is 12.1 Å². The highest BCUT2D eigenvalue weighted by Crippen LogP contribution is 2.09. The summed E-state index contributed by atoms with van der Waals surface area (Å²) in [6, 6.07) is 8.78. The van der Waals surface area contributed by atoms with Crippen LogP contribution in [-0.2, 0) is 16.4 Å². The van der Waals surface area contributed by atoms with Gasteiger partial charge in [0.25, 0.3) is 0 Å². The minimum atomic E-state index is -3.11. The van der Waals surface area contributed by atoms with Crippen molar-refractivity contribution in [1.82, 2.24) is 5.32 Å². The van der Waals surface area contributed by atoms with Crippen molar-refractivity contribution < 1.29 is 8.42 Å². The van der Waals surface area contributed by atoms with Crippen LogP contribution in [0.15, 0.2) is 29.2 Å². The normalized spacial score (nSPS) is 11.0. The van der Waals surface area contributed by atoms with Gasteiger partial charge in [-0.2, -0.15) is 5.26 Å². The molecular weight excluding hydrogens is 224 g/mol. The van der Waals surface area contributed by atoms with Crippen LogP contribution in [0.2, 0.25) is 0 Å². The Bertz CT molecular complexity index is 472. The van der Waals surface area contributed by atoms with Crippen LogP contribution in [0.3, 0.4) is 0 Å². The van der Waals surface area contributed by atoms with Gasteiger partial charge in [0, 0.05) is 25.8 Å². The zero-order valence-electron chi connectivity index (χ0n) is 9.10. The largest absolute Gasteiger partial charge is 0.312 e. The van der Waals surface area contributed by atoms with E-state index in [1.165, 1.54) is 6.26 Å². The number of nitriles is 1. The van der Waals surface area contributed by atoms with Crippen molar-refractivity contribution in [2.45, 2.75) is 17.9 Å². The second-order valence-corrected chi connectivity index (χ2v) is 5.52. The molecular formula is C11H14N2O2S. The molecule has 0 bridgehead atoms. The number of sulfone groups is 1. The maximum atomic E-state index is 11.2. The molecule has 5 heteroatoms. The molecule has 1 aromatic rings. The monoisotopic (exact) mass is 238 g/mol. The molecule has 0 aliphatic carbocycles. The lowest BCUT2D eigenvalue weighted by Gasteiger charge is -2.03. The molecule has 1 rings (SSSR count). The summed E-state index contributed by atoms with van der Waals surface area (Å²) in [6.45, 7) is 1.29. The van der Waals surface area contributed by atoms with E-state index in [4.69, 9.17) is 5.26 Å². The van der Waals surface area contributed by atoms with Crippen LogP contribution >= 0.6 is 0 Å². The molecule has 0 aromatic heterocycles. The Balaban J connectivity index is 2.56. The zero-order valence-corrected chi connectivity index (χ0v) is 9.92. The van der Waals surface area contributed by atoms with Crippen molar-refractivity contribution in [1.29, 1.82) is 5.26 Å². The summed E-state index contributed by atoms with van der Waals surface area (Å²) >= 11 is 0. The van der Waals surface area contributed by atoms with Gasteiger partial charge in [0.05, 0.1) is 11.0 Å². The van der Waals surface area contributed by atoms with E-state index in [0.717, 1.165) is 5.56 Å². The lowest BCUT2D eigenvalue weighted by Crippen LogP contribution is -2.14. The van der Waals surface area contributed by atoms with Crippen LogP contribution in [0.25, 0.3) is 0 Å². The molecule has 0 saturated heterocycles. The van der Waals surface area contributed by atoms with Gasteiger partial charge in [-0.15, -0.1) is 0 Å². The molecule has 0 spiro atoms. The summed E-state index contributed by atoms with van der Waals surface area (Å²) in [5.74, 6) is 0. The van der Waals surface area contributed by atoms with E-state index < -0.39 is 9.84 Å². The molecule has 0 heterocycles. The van der Waals surface area contributed by atoms with E-state index in [1.54, 1.807) is 24.3 Å². The Morgan fingerprint density at radius 2 is 1.94 bits per heavy atom.